The Morgan fingerprint density at radius 2 is 2.17 bits per heavy atom. The third-order valence-corrected chi connectivity index (χ3v) is 2.02. The molecule has 0 amide bonds. The van der Waals surface area contributed by atoms with E-state index >= 15 is 0 Å². The molecule has 0 bridgehead atoms. The fraction of sp³-hybridized carbons (Fsp3) is 0.500. The molecule has 1 aromatic heterocycles. The summed E-state index contributed by atoms with van der Waals surface area (Å²) < 4.78 is 6.21. The van der Waals surface area contributed by atoms with Gasteiger partial charge in [0.1, 0.15) is 0 Å². The Kier molecular flexibility index (Phi) is 3.03. The van der Waals surface area contributed by atoms with Crippen molar-refractivity contribution in [3.63, 3.8) is 0 Å². The first-order valence-electron chi connectivity index (χ1n) is 3.75. The molecule has 0 aliphatic heterocycles. The van der Waals surface area contributed by atoms with Crippen molar-refractivity contribution in [3.05, 3.63) is 16.4 Å². The summed E-state index contributed by atoms with van der Waals surface area (Å²) >= 11 is 3.32. The largest absolute Gasteiger partial charge is 0.461 e. The Balaban J connectivity index is 2.82. The van der Waals surface area contributed by atoms with Gasteiger partial charge in [0.2, 0.25) is 0 Å². The predicted molar refractivity (Wildman–Crippen MR) is 50.2 cm³/mol. The van der Waals surface area contributed by atoms with Gasteiger partial charge in [-0.25, -0.2) is 4.98 Å². The summed E-state index contributed by atoms with van der Waals surface area (Å²) in [5, 5.41) is 0. The molecule has 66 valence electrons. The second-order valence-corrected chi connectivity index (χ2v) is 3.61. The lowest BCUT2D eigenvalue weighted by atomic mass is 10.4. The molecular weight excluding hydrogens is 220 g/mol. The topological polar surface area (TPSA) is 35.0 Å². The molecule has 0 aliphatic rings. The highest BCUT2D eigenvalue weighted by Gasteiger charge is 2.02. The fourth-order valence-electron chi connectivity index (χ4n) is 0.699. The molecule has 0 saturated heterocycles. The van der Waals surface area contributed by atoms with E-state index in [2.05, 4.69) is 25.9 Å². The normalized spacial score (nSPS) is 10.4. The van der Waals surface area contributed by atoms with Crippen molar-refractivity contribution in [1.29, 1.82) is 0 Å². The monoisotopic (exact) mass is 230 g/mol. The molecule has 0 aliphatic carbocycles. The second kappa shape index (κ2) is 3.85. The van der Waals surface area contributed by atoms with E-state index in [1.165, 1.54) is 0 Å². The number of hydrogen-bond donors (Lipinski definition) is 0. The van der Waals surface area contributed by atoms with Crippen molar-refractivity contribution in [2.75, 3.05) is 0 Å². The van der Waals surface area contributed by atoms with E-state index in [1.807, 2.05) is 20.8 Å². The third-order valence-electron chi connectivity index (χ3n) is 1.24. The Bertz CT molecular complexity index is 276. The molecule has 0 N–H and O–H groups in total. The average molecular weight is 231 g/mol. The quantitative estimate of drug-likeness (QED) is 0.783. The zero-order valence-electron chi connectivity index (χ0n) is 7.34. The summed E-state index contributed by atoms with van der Waals surface area (Å²) in [6.45, 7) is 5.79. The van der Waals surface area contributed by atoms with Crippen LogP contribution in [0.1, 0.15) is 19.5 Å². The van der Waals surface area contributed by atoms with Gasteiger partial charge in [0.25, 0.3) is 0 Å². The van der Waals surface area contributed by atoms with Gasteiger partial charge in [0.05, 0.1) is 16.3 Å². The van der Waals surface area contributed by atoms with E-state index in [1.54, 1.807) is 6.20 Å². The smallest absolute Gasteiger partial charge is 0.316 e. The SMILES string of the molecule is Cc1nc(OC(C)C)ncc1Br. The molecule has 0 unspecified atom stereocenters. The van der Waals surface area contributed by atoms with Crippen LogP contribution in [-0.2, 0) is 0 Å². The van der Waals surface area contributed by atoms with E-state index in [9.17, 15) is 0 Å². The van der Waals surface area contributed by atoms with Crippen LogP contribution in [0.5, 0.6) is 6.01 Å². The molecule has 4 heteroatoms. The molecule has 0 spiro atoms. The molecule has 0 fully saturated rings. The Hall–Kier alpha value is -0.640. The Labute approximate surface area is 80.3 Å². The maximum Gasteiger partial charge on any atom is 0.316 e. The number of nitrogens with zero attached hydrogens (tertiary/aromatic N) is 2. The maximum atomic E-state index is 5.31. The lowest BCUT2D eigenvalue weighted by molar-refractivity contribution is 0.221. The minimum Gasteiger partial charge on any atom is -0.461 e. The highest BCUT2D eigenvalue weighted by molar-refractivity contribution is 9.10. The molecule has 0 aromatic carbocycles. The first-order valence-corrected chi connectivity index (χ1v) is 4.54. The minimum atomic E-state index is 0.116. The molecule has 3 nitrogen and oxygen atoms in total. The highest BCUT2D eigenvalue weighted by atomic mass is 79.9. The van der Waals surface area contributed by atoms with Crippen LogP contribution >= 0.6 is 15.9 Å². The van der Waals surface area contributed by atoms with Gasteiger partial charge >= 0.3 is 6.01 Å². The van der Waals surface area contributed by atoms with Gasteiger partial charge in [-0.3, -0.25) is 0 Å². The van der Waals surface area contributed by atoms with E-state index < -0.39 is 0 Å². The molecule has 1 heterocycles. The van der Waals surface area contributed by atoms with Crippen molar-refractivity contribution in [2.24, 2.45) is 0 Å². The lowest BCUT2D eigenvalue weighted by Gasteiger charge is -2.07. The summed E-state index contributed by atoms with van der Waals surface area (Å²) in [5.74, 6) is 0. The zero-order chi connectivity index (χ0) is 9.14. The van der Waals surface area contributed by atoms with Crippen molar-refractivity contribution >= 4 is 15.9 Å². The van der Waals surface area contributed by atoms with Gasteiger partial charge in [-0.2, -0.15) is 4.98 Å². The number of halogens is 1. The van der Waals surface area contributed by atoms with Crippen LogP contribution in [0.4, 0.5) is 0 Å². The number of rotatable bonds is 2. The van der Waals surface area contributed by atoms with Gasteiger partial charge in [-0.05, 0) is 36.7 Å². The van der Waals surface area contributed by atoms with Crippen LogP contribution in [-0.4, -0.2) is 16.1 Å². The average Bonchev–Trinajstić information content (AvgIpc) is 1.96. The van der Waals surface area contributed by atoms with E-state index in [0.717, 1.165) is 10.2 Å². The molecule has 1 aromatic rings. The second-order valence-electron chi connectivity index (χ2n) is 2.75. The summed E-state index contributed by atoms with van der Waals surface area (Å²) in [5.41, 5.74) is 0.889. The van der Waals surface area contributed by atoms with Crippen molar-refractivity contribution in [1.82, 2.24) is 9.97 Å². The minimum absolute atomic E-state index is 0.116. The molecule has 1 rings (SSSR count). The zero-order valence-corrected chi connectivity index (χ0v) is 8.92. The molecule has 0 atom stereocenters. The Morgan fingerprint density at radius 3 is 2.67 bits per heavy atom. The molecule has 0 radical (unpaired) electrons. The van der Waals surface area contributed by atoms with E-state index in [4.69, 9.17) is 4.74 Å². The van der Waals surface area contributed by atoms with Crippen LogP contribution in [0, 0.1) is 6.92 Å². The number of hydrogen-bond acceptors (Lipinski definition) is 3. The van der Waals surface area contributed by atoms with Crippen molar-refractivity contribution < 1.29 is 4.74 Å². The predicted octanol–water partition coefficient (Wildman–Crippen LogP) is 2.33. The van der Waals surface area contributed by atoms with Gasteiger partial charge in [0, 0.05) is 6.20 Å². The lowest BCUT2D eigenvalue weighted by Crippen LogP contribution is -2.08. The van der Waals surface area contributed by atoms with Crippen LogP contribution in [0.15, 0.2) is 10.7 Å². The fourth-order valence-corrected chi connectivity index (χ4v) is 0.890. The summed E-state index contributed by atoms with van der Waals surface area (Å²) in [6, 6.07) is 0.436. The van der Waals surface area contributed by atoms with Gasteiger partial charge in [-0.15, -0.1) is 0 Å². The standard InChI is InChI=1S/C8H11BrN2O/c1-5(2)12-8-10-4-7(9)6(3)11-8/h4-5H,1-3H3. The molecule has 12 heavy (non-hydrogen) atoms. The summed E-state index contributed by atoms with van der Waals surface area (Å²) in [7, 11) is 0. The Morgan fingerprint density at radius 1 is 1.50 bits per heavy atom. The first kappa shape index (κ1) is 9.45. The van der Waals surface area contributed by atoms with Gasteiger partial charge < -0.3 is 4.74 Å². The van der Waals surface area contributed by atoms with Crippen LogP contribution < -0.4 is 4.74 Å². The maximum absolute atomic E-state index is 5.31. The van der Waals surface area contributed by atoms with E-state index in [-0.39, 0.29) is 6.10 Å². The number of aromatic nitrogens is 2. The van der Waals surface area contributed by atoms with Crippen LogP contribution in [0.25, 0.3) is 0 Å². The summed E-state index contributed by atoms with van der Waals surface area (Å²) in [6.07, 6.45) is 1.81. The van der Waals surface area contributed by atoms with Crippen molar-refractivity contribution in [2.45, 2.75) is 26.9 Å². The molecular formula is C8H11BrN2O. The van der Waals surface area contributed by atoms with Crippen molar-refractivity contribution in [3.8, 4) is 6.01 Å². The summed E-state index contributed by atoms with van der Waals surface area (Å²) in [4.78, 5) is 8.13. The van der Waals surface area contributed by atoms with Gasteiger partial charge in [-0.1, -0.05) is 0 Å². The number of ether oxygens (including phenoxy) is 1. The van der Waals surface area contributed by atoms with Gasteiger partial charge in [0.15, 0.2) is 0 Å². The third kappa shape index (κ3) is 2.44. The highest BCUT2D eigenvalue weighted by Crippen LogP contribution is 2.14. The van der Waals surface area contributed by atoms with E-state index in [0.29, 0.717) is 6.01 Å². The number of aryl methyl sites for hydroxylation is 1. The van der Waals surface area contributed by atoms with Crippen LogP contribution in [0.3, 0.4) is 0 Å². The first-order chi connectivity index (χ1) is 5.59. The van der Waals surface area contributed by atoms with Crippen LogP contribution in [0.2, 0.25) is 0 Å². The molecule has 0 saturated carbocycles.